The van der Waals surface area contributed by atoms with E-state index in [1.54, 1.807) is 0 Å². The quantitative estimate of drug-likeness (QED) is 0.435. The highest BCUT2D eigenvalue weighted by atomic mass is 19.4. The largest absolute Gasteiger partial charge is 0.573 e. The van der Waals surface area contributed by atoms with E-state index in [0.717, 1.165) is 24.3 Å². The molecule has 24 heavy (non-hydrogen) atoms. The molecule has 4 nitrogen and oxygen atoms in total. The van der Waals surface area contributed by atoms with E-state index in [2.05, 4.69) is 4.74 Å². The van der Waals surface area contributed by atoms with Crippen molar-refractivity contribution in [3.05, 3.63) is 58.1 Å². The molecule has 2 rings (SSSR count). The van der Waals surface area contributed by atoms with Crippen LogP contribution in [0.4, 0.5) is 32.0 Å². The van der Waals surface area contributed by atoms with Crippen molar-refractivity contribution in [2.24, 2.45) is 0 Å². The number of alkyl halides is 6. The molecule has 0 radical (unpaired) electrons. The zero-order chi connectivity index (χ0) is 18.1. The maximum atomic E-state index is 13.0. The standard InChI is InChI=1S/C14H7F6NO3/c15-13(16,17)11-4-2-1-3-9(11)10-6-5-8(24-14(18,19)20)7-12(10)21(22)23/h1-7H. The molecule has 0 aliphatic heterocycles. The number of nitro benzene ring substituents is 1. The third-order valence-electron chi connectivity index (χ3n) is 2.92. The van der Waals surface area contributed by atoms with Crippen LogP contribution < -0.4 is 4.74 Å². The first kappa shape index (κ1) is 17.6. The number of rotatable bonds is 3. The molecule has 0 atom stereocenters. The fourth-order valence-electron chi connectivity index (χ4n) is 2.05. The summed E-state index contributed by atoms with van der Waals surface area (Å²) in [7, 11) is 0. The Labute approximate surface area is 130 Å². The van der Waals surface area contributed by atoms with Crippen LogP contribution in [0.5, 0.6) is 5.75 Å². The molecular formula is C14H7F6NO3. The van der Waals surface area contributed by atoms with Crippen LogP contribution in [0.3, 0.4) is 0 Å². The minimum atomic E-state index is -5.08. The van der Waals surface area contributed by atoms with Gasteiger partial charge in [-0.25, -0.2) is 0 Å². The molecule has 10 heteroatoms. The maximum Gasteiger partial charge on any atom is 0.573 e. The van der Waals surface area contributed by atoms with Crippen molar-refractivity contribution in [3.8, 4) is 16.9 Å². The Morgan fingerprint density at radius 1 is 0.917 bits per heavy atom. The van der Waals surface area contributed by atoms with E-state index in [4.69, 9.17) is 0 Å². The van der Waals surface area contributed by atoms with Gasteiger partial charge in [-0.2, -0.15) is 13.2 Å². The fraction of sp³-hybridized carbons (Fsp3) is 0.143. The zero-order valence-corrected chi connectivity index (χ0v) is 11.5. The summed E-state index contributed by atoms with van der Waals surface area (Å²) in [6.07, 6.45) is -9.87. The number of nitro groups is 1. The molecule has 0 spiro atoms. The lowest BCUT2D eigenvalue weighted by molar-refractivity contribution is -0.384. The average molecular weight is 351 g/mol. The first-order valence-electron chi connectivity index (χ1n) is 6.20. The van der Waals surface area contributed by atoms with E-state index in [1.165, 1.54) is 6.07 Å². The van der Waals surface area contributed by atoms with Crippen LogP contribution in [0, 0.1) is 10.1 Å². The summed E-state index contributed by atoms with van der Waals surface area (Å²) in [5.74, 6) is -0.901. The Morgan fingerprint density at radius 2 is 1.54 bits per heavy atom. The van der Waals surface area contributed by atoms with E-state index < -0.39 is 45.6 Å². The highest BCUT2D eigenvalue weighted by molar-refractivity contribution is 5.77. The van der Waals surface area contributed by atoms with Crippen LogP contribution in [0.2, 0.25) is 0 Å². The molecule has 0 saturated carbocycles. The summed E-state index contributed by atoms with van der Waals surface area (Å²) >= 11 is 0. The van der Waals surface area contributed by atoms with E-state index in [-0.39, 0.29) is 0 Å². The second-order valence-corrected chi connectivity index (χ2v) is 4.53. The normalized spacial score (nSPS) is 12.1. The summed E-state index contributed by atoms with van der Waals surface area (Å²) in [6, 6.07) is 5.96. The van der Waals surface area contributed by atoms with Crippen molar-refractivity contribution in [3.63, 3.8) is 0 Å². The monoisotopic (exact) mass is 351 g/mol. The molecule has 0 heterocycles. The lowest BCUT2D eigenvalue weighted by atomic mass is 9.97. The van der Waals surface area contributed by atoms with Crippen molar-refractivity contribution in [1.82, 2.24) is 0 Å². The van der Waals surface area contributed by atoms with E-state index >= 15 is 0 Å². The first-order chi connectivity index (χ1) is 11.0. The van der Waals surface area contributed by atoms with Gasteiger partial charge in [0.05, 0.1) is 22.1 Å². The van der Waals surface area contributed by atoms with Gasteiger partial charge in [0, 0.05) is 5.56 Å². The highest BCUT2D eigenvalue weighted by Gasteiger charge is 2.36. The molecule has 0 aliphatic rings. The molecule has 0 unspecified atom stereocenters. The summed E-state index contributed by atoms with van der Waals surface area (Å²) in [6.45, 7) is 0. The van der Waals surface area contributed by atoms with Crippen molar-refractivity contribution in [2.45, 2.75) is 12.5 Å². The molecular weight excluding hydrogens is 344 g/mol. The molecule has 2 aromatic carbocycles. The average Bonchev–Trinajstić information content (AvgIpc) is 2.44. The zero-order valence-electron chi connectivity index (χ0n) is 11.5. The molecule has 0 aromatic heterocycles. The second-order valence-electron chi connectivity index (χ2n) is 4.53. The summed E-state index contributed by atoms with van der Waals surface area (Å²) in [5, 5.41) is 11.1. The number of hydrogen-bond donors (Lipinski definition) is 0. The number of ether oxygens (including phenoxy) is 1. The number of hydrogen-bond acceptors (Lipinski definition) is 3. The third-order valence-corrected chi connectivity index (χ3v) is 2.92. The lowest BCUT2D eigenvalue weighted by Gasteiger charge is -2.14. The van der Waals surface area contributed by atoms with Gasteiger partial charge in [-0.3, -0.25) is 10.1 Å². The molecule has 0 aliphatic carbocycles. The minimum Gasteiger partial charge on any atom is -0.406 e. The summed E-state index contributed by atoms with van der Waals surface area (Å²) < 4.78 is 79.2. The minimum absolute atomic E-state index is 0.427. The Kier molecular flexibility index (Phi) is 4.41. The van der Waals surface area contributed by atoms with Gasteiger partial charge in [0.25, 0.3) is 5.69 Å². The van der Waals surface area contributed by atoms with Gasteiger partial charge in [-0.05, 0) is 18.2 Å². The highest BCUT2D eigenvalue weighted by Crippen LogP contribution is 2.41. The van der Waals surface area contributed by atoms with E-state index in [9.17, 15) is 36.5 Å². The van der Waals surface area contributed by atoms with Crippen LogP contribution in [-0.4, -0.2) is 11.3 Å². The van der Waals surface area contributed by atoms with E-state index in [1.807, 2.05) is 0 Å². The van der Waals surface area contributed by atoms with E-state index in [0.29, 0.717) is 12.1 Å². The smallest absolute Gasteiger partial charge is 0.406 e. The summed E-state index contributed by atoms with van der Waals surface area (Å²) in [4.78, 5) is 9.98. The van der Waals surface area contributed by atoms with Crippen LogP contribution in [0.1, 0.15) is 5.56 Å². The number of halogens is 6. The van der Waals surface area contributed by atoms with Crippen LogP contribution in [0.15, 0.2) is 42.5 Å². The van der Waals surface area contributed by atoms with Crippen molar-refractivity contribution < 1.29 is 36.0 Å². The number of nitrogens with zero attached hydrogens (tertiary/aromatic N) is 1. The van der Waals surface area contributed by atoms with Crippen LogP contribution in [-0.2, 0) is 6.18 Å². The predicted molar refractivity (Wildman–Crippen MR) is 70.2 cm³/mol. The van der Waals surface area contributed by atoms with Crippen molar-refractivity contribution in [1.29, 1.82) is 0 Å². The Balaban J connectivity index is 2.62. The Hall–Kier alpha value is -2.78. The van der Waals surface area contributed by atoms with Gasteiger partial charge in [0.2, 0.25) is 0 Å². The van der Waals surface area contributed by atoms with Gasteiger partial charge in [-0.1, -0.05) is 18.2 Å². The maximum absolute atomic E-state index is 13.0. The SMILES string of the molecule is O=[N+]([O-])c1cc(OC(F)(F)F)ccc1-c1ccccc1C(F)(F)F. The predicted octanol–water partition coefficient (Wildman–Crippen LogP) is 5.18. The topological polar surface area (TPSA) is 52.4 Å². The van der Waals surface area contributed by atoms with Crippen LogP contribution >= 0.6 is 0 Å². The lowest BCUT2D eigenvalue weighted by Crippen LogP contribution is -2.17. The van der Waals surface area contributed by atoms with Gasteiger partial charge < -0.3 is 4.74 Å². The molecule has 0 saturated heterocycles. The molecule has 128 valence electrons. The Bertz CT molecular complexity index is 770. The van der Waals surface area contributed by atoms with Crippen molar-refractivity contribution in [2.75, 3.05) is 0 Å². The van der Waals surface area contributed by atoms with Crippen LogP contribution in [0.25, 0.3) is 11.1 Å². The molecule has 2 aromatic rings. The number of benzene rings is 2. The molecule has 0 amide bonds. The summed E-state index contributed by atoms with van der Waals surface area (Å²) in [5.41, 5.74) is -3.07. The van der Waals surface area contributed by atoms with Gasteiger partial charge in [0.1, 0.15) is 5.75 Å². The van der Waals surface area contributed by atoms with Gasteiger partial charge in [-0.15, -0.1) is 13.2 Å². The first-order valence-corrected chi connectivity index (χ1v) is 6.20. The van der Waals surface area contributed by atoms with Gasteiger partial charge in [0.15, 0.2) is 0 Å². The van der Waals surface area contributed by atoms with Crippen molar-refractivity contribution >= 4 is 5.69 Å². The molecule has 0 fully saturated rings. The Morgan fingerprint density at radius 3 is 2.08 bits per heavy atom. The fourth-order valence-corrected chi connectivity index (χ4v) is 2.05. The molecule has 0 N–H and O–H groups in total. The third kappa shape index (κ3) is 3.94. The van der Waals surface area contributed by atoms with Gasteiger partial charge >= 0.3 is 12.5 Å². The molecule has 0 bridgehead atoms. The second kappa shape index (κ2) is 6.02.